The summed E-state index contributed by atoms with van der Waals surface area (Å²) in [5.41, 5.74) is 1.10. The third-order valence-electron chi connectivity index (χ3n) is 3.13. The van der Waals surface area contributed by atoms with E-state index in [1.54, 1.807) is 24.3 Å². The highest BCUT2D eigenvalue weighted by Gasteiger charge is 2.32. The van der Waals surface area contributed by atoms with Gasteiger partial charge in [-0.05, 0) is 17.7 Å². The normalized spacial score (nSPS) is 20.0. The van der Waals surface area contributed by atoms with Crippen LogP contribution in [-0.4, -0.2) is 38.4 Å². The molecule has 1 unspecified atom stereocenters. The molecule has 0 aliphatic carbocycles. The number of benzene rings is 1. The van der Waals surface area contributed by atoms with Crippen molar-refractivity contribution >= 4 is 10.0 Å². The van der Waals surface area contributed by atoms with Crippen molar-refractivity contribution in [2.45, 2.75) is 11.8 Å². The maximum absolute atomic E-state index is 12.4. The summed E-state index contributed by atoms with van der Waals surface area (Å²) in [6.07, 6.45) is 0. The van der Waals surface area contributed by atoms with Crippen molar-refractivity contribution in [3.05, 3.63) is 35.4 Å². The minimum absolute atomic E-state index is 0.156. The number of nitrogens with one attached hydrogen (secondary N) is 1. The number of sulfonamides is 1. The lowest BCUT2D eigenvalue weighted by atomic mass is 10.2. The zero-order valence-corrected chi connectivity index (χ0v) is 11.6. The van der Waals surface area contributed by atoms with Crippen LogP contribution in [0.4, 0.5) is 0 Å². The SMILES string of the molecule is N#Cc1ccc(CS(=O)(=O)N2CCNCC2C#N)cc1. The van der Waals surface area contributed by atoms with Crippen LogP contribution in [0.25, 0.3) is 0 Å². The Morgan fingerprint density at radius 3 is 2.60 bits per heavy atom. The van der Waals surface area contributed by atoms with E-state index in [4.69, 9.17) is 10.5 Å². The first-order chi connectivity index (χ1) is 9.56. The quantitative estimate of drug-likeness (QED) is 0.856. The van der Waals surface area contributed by atoms with Gasteiger partial charge in [-0.25, -0.2) is 8.42 Å². The van der Waals surface area contributed by atoms with E-state index in [1.165, 1.54) is 4.31 Å². The second-order valence-electron chi connectivity index (χ2n) is 4.52. The molecule has 0 spiro atoms. The van der Waals surface area contributed by atoms with Crippen molar-refractivity contribution in [2.75, 3.05) is 19.6 Å². The van der Waals surface area contributed by atoms with E-state index in [0.29, 0.717) is 30.8 Å². The van der Waals surface area contributed by atoms with E-state index in [1.807, 2.05) is 12.1 Å². The van der Waals surface area contributed by atoms with Crippen molar-refractivity contribution in [3.8, 4) is 12.1 Å². The molecule has 0 saturated carbocycles. The van der Waals surface area contributed by atoms with Gasteiger partial charge in [0, 0.05) is 19.6 Å². The minimum atomic E-state index is -3.53. The largest absolute Gasteiger partial charge is 0.313 e. The lowest BCUT2D eigenvalue weighted by Crippen LogP contribution is -2.53. The molecular weight excluding hydrogens is 276 g/mol. The van der Waals surface area contributed by atoms with Gasteiger partial charge in [-0.1, -0.05) is 12.1 Å². The summed E-state index contributed by atoms with van der Waals surface area (Å²) < 4.78 is 26.0. The summed E-state index contributed by atoms with van der Waals surface area (Å²) in [4.78, 5) is 0. The third kappa shape index (κ3) is 3.14. The Morgan fingerprint density at radius 2 is 2.00 bits per heavy atom. The van der Waals surface area contributed by atoms with Crippen LogP contribution in [0, 0.1) is 22.7 Å². The van der Waals surface area contributed by atoms with Crippen LogP contribution < -0.4 is 5.32 Å². The van der Waals surface area contributed by atoms with Crippen molar-refractivity contribution in [3.63, 3.8) is 0 Å². The second-order valence-corrected chi connectivity index (χ2v) is 6.45. The Kier molecular flexibility index (Phi) is 4.35. The van der Waals surface area contributed by atoms with E-state index in [9.17, 15) is 8.42 Å². The van der Waals surface area contributed by atoms with Gasteiger partial charge >= 0.3 is 0 Å². The topological polar surface area (TPSA) is 97.0 Å². The number of rotatable bonds is 3. The van der Waals surface area contributed by atoms with Crippen LogP contribution in [0.2, 0.25) is 0 Å². The van der Waals surface area contributed by atoms with Crippen molar-refractivity contribution in [2.24, 2.45) is 0 Å². The number of piperazine rings is 1. The highest BCUT2D eigenvalue weighted by Crippen LogP contribution is 2.15. The van der Waals surface area contributed by atoms with Crippen LogP contribution in [0.3, 0.4) is 0 Å². The molecule has 104 valence electrons. The van der Waals surface area contributed by atoms with Gasteiger partial charge in [-0.2, -0.15) is 14.8 Å². The average molecular weight is 290 g/mol. The van der Waals surface area contributed by atoms with Gasteiger partial charge in [0.15, 0.2) is 0 Å². The number of hydrogen-bond acceptors (Lipinski definition) is 5. The summed E-state index contributed by atoms with van der Waals surface area (Å²) in [6, 6.07) is 9.76. The fourth-order valence-electron chi connectivity index (χ4n) is 2.10. The van der Waals surface area contributed by atoms with Crippen LogP contribution in [0.5, 0.6) is 0 Å². The fourth-order valence-corrected chi connectivity index (χ4v) is 3.76. The second kappa shape index (κ2) is 6.02. The summed E-state index contributed by atoms with van der Waals surface area (Å²) in [5, 5.41) is 20.7. The Hall–Kier alpha value is -1.93. The molecule has 1 atom stereocenters. The molecule has 1 saturated heterocycles. The van der Waals surface area contributed by atoms with Crippen LogP contribution in [0.15, 0.2) is 24.3 Å². The first-order valence-corrected chi connectivity index (χ1v) is 7.76. The van der Waals surface area contributed by atoms with Crippen molar-refractivity contribution in [1.29, 1.82) is 10.5 Å². The zero-order chi connectivity index (χ0) is 14.6. The van der Waals surface area contributed by atoms with Crippen molar-refractivity contribution < 1.29 is 8.42 Å². The third-order valence-corrected chi connectivity index (χ3v) is 4.98. The van der Waals surface area contributed by atoms with Crippen LogP contribution in [-0.2, 0) is 15.8 Å². The first kappa shape index (κ1) is 14.5. The molecular formula is C13H14N4O2S. The number of hydrogen-bond donors (Lipinski definition) is 1. The Bertz CT molecular complexity index is 655. The van der Waals surface area contributed by atoms with E-state index < -0.39 is 16.1 Å². The van der Waals surface area contributed by atoms with Gasteiger partial charge in [0.1, 0.15) is 6.04 Å². The maximum atomic E-state index is 12.4. The minimum Gasteiger partial charge on any atom is -0.313 e. The molecule has 1 aromatic rings. The highest BCUT2D eigenvalue weighted by molar-refractivity contribution is 7.88. The monoisotopic (exact) mass is 290 g/mol. The van der Waals surface area contributed by atoms with Crippen LogP contribution >= 0.6 is 0 Å². The zero-order valence-electron chi connectivity index (χ0n) is 10.8. The average Bonchev–Trinajstić information content (AvgIpc) is 2.47. The standard InChI is InChI=1S/C13H14N4O2S/c14-7-11-1-3-12(4-2-11)10-20(18,19)17-6-5-16-9-13(17)8-15/h1-4,13,16H,5-6,9-10H2. The molecule has 1 aromatic carbocycles. The Labute approximate surface area is 118 Å². The molecule has 2 rings (SSSR count). The molecule has 20 heavy (non-hydrogen) atoms. The maximum Gasteiger partial charge on any atom is 0.219 e. The van der Waals surface area contributed by atoms with Crippen LogP contribution in [0.1, 0.15) is 11.1 Å². The summed E-state index contributed by atoms with van der Waals surface area (Å²) in [7, 11) is -3.53. The van der Waals surface area contributed by atoms with Gasteiger partial charge in [0.05, 0.1) is 23.5 Å². The van der Waals surface area contributed by atoms with Gasteiger partial charge in [0.2, 0.25) is 10.0 Å². The molecule has 0 amide bonds. The smallest absolute Gasteiger partial charge is 0.219 e. The predicted molar refractivity (Wildman–Crippen MR) is 72.8 cm³/mol. The number of nitrogens with zero attached hydrogens (tertiary/aromatic N) is 3. The molecule has 1 aliphatic rings. The van der Waals surface area contributed by atoms with E-state index in [-0.39, 0.29) is 5.75 Å². The first-order valence-electron chi connectivity index (χ1n) is 6.16. The Morgan fingerprint density at radius 1 is 1.30 bits per heavy atom. The van der Waals surface area contributed by atoms with E-state index in [0.717, 1.165) is 0 Å². The highest BCUT2D eigenvalue weighted by atomic mass is 32.2. The summed E-state index contributed by atoms with van der Waals surface area (Å²) in [5.74, 6) is -0.156. The molecule has 1 aliphatic heterocycles. The lowest BCUT2D eigenvalue weighted by Gasteiger charge is -2.30. The predicted octanol–water partition coefficient (Wildman–Crippen LogP) is 0.185. The van der Waals surface area contributed by atoms with Crippen molar-refractivity contribution in [1.82, 2.24) is 9.62 Å². The van der Waals surface area contributed by atoms with E-state index >= 15 is 0 Å². The molecule has 0 aromatic heterocycles. The Balaban J connectivity index is 2.17. The lowest BCUT2D eigenvalue weighted by molar-refractivity contribution is 0.311. The molecule has 7 heteroatoms. The van der Waals surface area contributed by atoms with Gasteiger partial charge in [0.25, 0.3) is 0 Å². The molecule has 6 nitrogen and oxygen atoms in total. The number of nitriles is 2. The molecule has 1 heterocycles. The molecule has 0 bridgehead atoms. The fraction of sp³-hybridized carbons (Fsp3) is 0.385. The van der Waals surface area contributed by atoms with Gasteiger partial charge < -0.3 is 5.32 Å². The molecule has 1 fully saturated rings. The van der Waals surface area contributed by atoms with Gasteiger partial charge in [-0.15, -0.1) is 0 Å². The summed E-state index contributed by atoms with van der Waals surface area (Å²) in [6.45, 7) is 1.20. The summed E-state index contributed by atoms with van der Waals surface area (Å²) >= 11 is 0. The van der Waals surface area contributed by atoms with Gasteiger partial charge in [-0.3, -0.25) is 0 Å². The van der Waals surface area contributed by atoms with E-state index in [2.05, 4.69) is 5.32 Å². The molecule has 0 radical (unpaired) electrons. The molecule has 1 N–H and O–H groups in total.